The van der Waals surface area contributed by atoms with Crippen molar-refractivity contribution in [2.24, 2.45) is 4.99 Å². The number of nitrogens with one attached hydrogen (secondary N) is 2. The number of aliphatic imine (C=N–C) groups is 1. The van der Waals surface area contributed by atoms with E-state index in [2.05, 4.69) is 34.9 Å². The molecule has 0 aliphatic rings. The Morgan fingerprint density at radius 3 is 2.59 bits per heavy atom. The first kappa shape index (κ1) is 21.4. The van der Waals surface area contributed by atoms with E-state index in [1.54, 1.807) is 7.05 Å². The number of aryl methyl sites for hydroxylation is 1. The van der Waals surface area contributed by atoms with E-state index in [1.165, 1.54) is 18.6 Å². The fourth-order valence-corrected chi connectivity index (χ4v) is 2.34. The zero-order valence-corrected chi connectivity index (χ0v) is 16.9. The number of benzene rings is 1. The number of thioether (sulfide) groups is 1. The van der Waals surface area contributed by atoms with E-state index in [-0.39, 0.29) is 24.0 Å². The van der Waals surface area contributed by atoms with Gasteiger partial charge in [-0.15, -0.1) is 24.0 Å². The number of rotatable bonds is 9. The number of guanidine groups is 1. The van der Waals surface area contributed by atoms with E-state index in [1.807, 2.05) is 30.0 Å². The molecule has 126 valence electrons. The molecule has 0 unspecified atom stereocenters. The number of hydrogen-bond donors (Lipinski definition) is 2. The molecule has 0 aliphatic carbocycles. The van der Waals surface area contributed by atoms with Gasteiger partial charge in [0.05, 0.1) is 6.54 Å². The molecule has 2 N–H and O–H groups in total. The first-order chi connectivity index (χ1) is 10.3. The summed E-state index contributed by atoms with van der Waals surface area (Å²) in [6.07, 6.45) is 4.55. The number of unbranched alkanes of at least 4 members (excludes halogenated alkanes) is 1. The van der Waals surface area contributed by atoms with Gasteiger partial charge in [-0.25, -0.2) is 0 Å². The van der Waals surface area contributed by atoms with Crippen molar-refractivity contribution >= 4 is 41.7 Å². The largest absolute Gasteiger partial charge is 0.491 e. The molecule has 1 rings (SSSR count). The SMILES string of the molecule is CN=C(NCCCCSC)NCCOc1ccccc1C.I. The molecule has 0 bridgehead atoms. The molecule has 22 heavy (non-hydrogen) atoms. The minimum atomic E-state index is 0. The topological polar surface area (TPSA) is 45.7 Å². The minimum Gasteiger partial charge on any atom is -0.491 e. The van der Waals surface area contributed by atoms with Crippen LogP contribution in [0.5, 0.6) is 5.75 Å². The highest BCUT2D eigenvalue weighted by Crippen LogP contribution is 2.15. The van der Waals surface area contributed by atoms with E-state index in [9.17, 15) is 0 Å². The standard InChI is InChI=1S/C16H27N3OS.HI/c1-14-8-4-5-9-15(14)20-12-11-19-16(17-2)18-10-6-7-13-21-3;/h4-5,8-9H,6-7,10-13H2,1-3H3,(H2,17,18,19);1H. The Morgan fingerprint density at radius 2 is 1.91 bits per heavy atom. The maximum Gasteiger partial charge on any atom is 0.191 e. The number of halogens is 1. The van der Waals surface area contributed by atoms with Gasteiger partial charge in [-0.3, -0.25) is 4.99 Å². The summed E-state index contributed by atoms with van der Waals surface area (Å²) in [6.45, 7) is 4.37. The third-order valence-electron chi connectivity index (χ3n) is 3.04. The van der Waals surface area contributed by atoms with Crippen LogP contribution < -0.4 is 15.4 Å². The molecule has 0 atom stereocenters. The van der Waals surface area contributed by atoms with Gasteiger partial charge < -0.3 is 15.4 Å². The van der Waals surface area contributed by atoms with Crippen molar-refractivity contribution in [3.05, 3.63) is 29.8 Å². The zero-order valence-electron chi connectivity index (χ0n) is 13.7. The Morgan fingerprint density at radius 1 is 1.18 bits per heavy atom. The summed E-state index contributed by atoms with van der Waals surface area (Å²) < 4.78 is 5.74. The van der Waals surface area contributed by atoms with Crippen LogP contribution in [0.25, 0.3) is 0 Å². The van der Waals surface area contributed by atoms with Crippen molar-refractivity contribution in [2.45, 2.75) is 19.8 Å². The lowest BCUT2D eigenvalue weighted by molar-refractivity contribution is 0.320. The summed E-state index contributed by atoms with van der Waals surface area (Å²) in [5.41, 5.74) is 1.16. The third kappa shape index (κ3) is 9.40. The lowest BCUT2D eigenvalue weighted by atomic mass is 10.2. The minimum absolute atomic E-state index is 0. The summed E-state index contributed by atoms with van der Waals surface area (Å²) in [5, 5.41) is 6.57. The summed E-state index contributed by atoms with van der Waals surface area (Å²) in [5.74, 6) is 3.00. The van der Waals surface area contributed by atoms with Crippen molar-refractivity contribution in [3.8, 4) is 5.75 Å². The quantitative estimate of drug-likeness (QED) is 0.269. The molecule has 0 fully saturated rings. The van der Waals surface area contributed by atoms with Gasteiger partial charge in [-0.05, 0) is 43.4 Å². The Labute approximate surface area is 155 Å². The van der Waals surface area contributed by atoms with E-state index < -0.39 is 0 Å². The predicted molar refractivity (Wildman–Crippen MR) is 109 cm³/mol. The molecular formula is C16H28IN3OS. The molecule has 0 saturated heterocycles. The fraction of sp³-hybridized carbons (Fsp3) is 0.562. The fourth-order valence-electron chi connectivity index (χ4n) is 1.85. The number of hydrogen-bond acceptors (Lipinski definition) is 3. The summed E-state index contributed by atoms with van der Waals surface area (Å²) in [6, 6.07) is 8.06. The Balaban J connectivity index is 0.00000441. The maximum atomic E-state index is 5.74. The molecule has 1 aromatic carbocycles. The van der Waals surface area contributed by atoms with Crippen molar-refractivity contribution < 1.29 is 4.74 Å². The van der Waals surface area contributed by atoms with Crippen molar-refractivity contribution in [2.75, 3.05) is 38.8 Å². The molecular weight excluding hydrogens is 409 g/mol. The molecule has 0 saturated carbocycles. The highest BCUT2D eigenvalue weighted by Gasteiger charge is 1.99. The van der Waals surface area contributed by atoms with Crippen molar-refractivity contribution in [1.29, 1.82) is 0 Å². The van der Waals surface area contributed by atoms with Crippen LogP contribution in [-0.2, 0) is 0 Å². The van der Waals surface area contributed by atoms with Crippen LogP contribution in [0.1, 0.15) is 18.4 Å². The second kappa shape index (κ2) is 14.0. The average molecular weight is 437 g/mol. The van der Waals surface area contributed by atoms with E-state index in [0.29, 0.717) is 6.61 Å². The van der Waals surface area contributed by atoms with Crippen molar-refractivity contribution in [1.82, 2.24) is 10.6 Å². The average Bonchev–Trinajstić information content (AvgIpc) is 2.50. The van der Waals surface area contributed by atoms with Crippen LogP contribution in [0, 0.1) is 6.92 Å². The molecule has 0 heterocycles. The van der Waals surface area contributed by atoms with Gasteiger partial charge >= 0.3 is 0 Å². The first-order valence-corrected chi connectivity index (χ1v) is 8.79. The highest BCUT2D eigenvalue weighted by atomic mass is 127. The predicted octanol–water partition coefficient (Wildman–Crippen LogP) is 3.30. The van der Waals surface area contributed by atoms with Crippen LogP contribution in [0.2, 0.25) is 0 Å². The molecule has 0 radical (unpaired) electrons. The Kier molecular flexibility index (Phi) is 13.6. The molecule has 1 aromatic rings. The number of ether oxygens (including phenoxy) is 1. The van der Waals surface area contributed by atoms with Gasteiger partial charge in [0.2, 0.25) is 0 Å². The molecule has 0 amide bonds. The van der Waals surface area contributed by atoms with Crippen LogP contribution in [0.15, 0.2) is 29.3 Å². The second-order valence-electron chi connectivity index (χ2n) is 4.74. The van der Waals surface area contributed by atoms with E-state index in [0.717, 1.165) is 30.4 Å². The molecule has 0 spiro atoms. The van der Waals surface area contributed by atoms with Gasteiger partial charge in [0.25, 0.3) is 0 Å². The van der Waals surface area contributed by atoms with Gasteiger partial charge in [-0.2, -0.15) is 11.8 Å². The maximum absolute atomic E-state index is 5.74. The summed E-state index contributed by atoms with van der Waals surface area (Å²) >= 11 is 1.89. The van der Waals surface area contributed by atoms with E-state index >= 15 is 0 Å². The highest BCUT2D eigenvalue weighted by molar-refractivity contribution is 14.0. The normalized spacial score (nSPS) is 10.8. The van der Waals surface area contributed by atoms with Crippen molar-refractivity contribution in [3.63, 3.8) is 0 Å². The van der Waals surface area contributed by atoms with Gasteiger partial charge in [-0.1, -0.05) is 18.2 Å². The molecule has 0 aliphatic heterocycles. The summed E-state index contributed by atoms with van der Waals surface area (Å²) in [7, 11) is 1.79. The molecule has 0 aromatic heterocycles. The van der Waals surface area contributed by atoms with Crippen LogP contribution in [-0.4, -0.2) is 44.7 Å². The number of para-hydroxylation sites is 1. The molecule has 4 nitrogen and oxygen atoms in total. The monoisotopic (exact) mass is 437 g/mol. The van der Waals surface area contributed by atoms with Crippen LogP contribution in [0.4, 0.5) is 0 Å². The zero-order chi connectivity index (χ0) is 15.3. The van der Waals surface area contributed by atoms with Gasteiger partial charge in [0.15, 0.2) is 5.96 Å². The lowest BCUT2D eigenvalue weighted by Gasteiger charge is -2.13. The van der Waals surface area contributed by atoms with Crippen LogP contribution in [0.3, 0.4) is 0 Å². The smallest absolute Gasteiger partial charge is 0.191 e. The van der Waals surface area contributed by atoms with E-state index in [4.69, 9.17) is 4.74 Å². The lowest BCUT2D eigenvalue weighted by Crippen LogP contribution is -2.39. The number of nitrogens with zero attached hydrogens (tertiary/aromatic N) is 1. The summed E-state index contributed by atoms with van der Waals surface area (Å²) in [4.78, 5) is 4.20. The molecule has 6 heteroatoms. The Bertz CT molecular complexity index is 430. The second-order valence-corrected chi connectivity index (χ2v) is 5.73. The van der Waals surface area contributed by atoms with Gasteiger partial charge in [0, 0.05) is 13.6 Å². The third-order valence-corrected chi connectivity index (χ3v) is 3.73. The first-order valence-electron chi connectivity index (χ1n) is 7.40. The Hall–Kier alpha value is -0.630. The van der Waals surface area contributed by atoms with Crippen LogP contribution >= 0.6 is 35.7 Å². The van der Waals surface area contributed by atoms with Gasteiger partial charge in [0.1, 0.15) is 12.4 Å².